The molecule has 0 nitrogen and oxygen atoms in total. The van der Waals surface area contributed by atoms with Gasteiger partial charge in [-0.05, 0) is 0 Å². The van der Waals surface area contributed by atoms with Gasteiger partial charge in [-0.2, -0.15) is 46.0 Å². The van der Waals surface area contributed by atoms with E-state index >= 15 is 0 Å². The van der Waals surface area contributed by atoms with Crippen LogP contribution in [0.15, 0.2) is 48.5 Å². The molecule has 0 aromatic heterocycles. The van der Waals surface area contributed by atoms with Crippen molar-refractivity contribution in [3.63, 3.8) is 0 Å². The van der Waals surface area contributed by atoms with Gasteiger partial charge in [-0.25, -0.2) is 0 Å². The minimum Gasteiger partial charge on any atom is -1.00 e. The number of hydrogen-bond donors (Lipinski definition) is 0. The van der Waals surface area contributed by atoms with Crippen molar-refractivity contribution in [1.82, 2.24) is 0 Å². The van der Waals surface area contributed by atoms with E-state index in [0.29, 0.717) is 0 Å². The first-order valence-corrected chi connectivity index (χ1v) is 7.87. The zero-order valence-corrected chi connectivity index (χ0v) is 19.1. The van der Waals surface area contributed by atoms with Crippen LogP contribution in [-0.4, -0.2) is 0 Å². The van der Waals surface area contributed by atoms with Crippen molar-refractivity contribution in [2.45, 2.75) is 34.1 Å². The second-order valence-corrected chi connectivity index (χ2v) is 6.13. The van der Waals surface area contributed by atoms with Crippen LogP contribution in [0.3, 0.4) is 0 Å². The molecule has 0 N–H and O–H groups in total. The van der Waals surface area contributed by atoms with Crippen molar-refractivity contribution in [3.05, 3.63) is 88.0 Å². The standard InChI is InChI=1S/C13H9.C9H13.2ClH.Zr/c1-2-6-12-10(4-1)8-9-11-5-3-7-13(11)12;1-6-5-7(2)9(4)8(6)3;;;/h1-4,6,8-9H,5H2;5H,1-4H3;2*1H;/q2*-1;;;+4/p-2. The average Bonchev–Trinajstić information content (AvgIpc) is 3.10. The summed E-state index contributed by atoms with van der Waals surface area (Å²) in [6.45, 7) is 8.68. The summed E-state index contributed by atoms with van der Waals surface area (Å²) in [5.41, 5.74) is 8.44. The Bertz CT molecular complexity index is 837. The molecule has 0 aliphatic heterocycles. The summed E-state index contributed by atoms with van der Waals surface area (Å²) < 4.78 is 0. The minimum atomic E-state index is 0. The summed E-state index contributed by atoms with van der Waals surface area (Å²) in [4.78, 5) is 0. The number of aryl methyl sites for hydroxylation is 2. The molecule has 0 heterocycles. The molecule has 0 fully saturated rings. The predicted octanol–water partition coefficient (Wildman–Crippen LogP) is -0.252. The van der Waals surface area contributed by atoms with Gasteiger partial charge < -0.3 is 24.8 Å². The van der Waals surface area contributed by atoms with Crippen LogP contribution in [0.4, 0.5) is 0 Å². The smallest absolute Gasteiger partial charge is 1.00 e. The first kappa shape index (κ1) is 24.3. The van der Waals surface area contributed by atoms with E-state index in [2.05, 4.69) is 82.3 Å². The molecular weight excluding hydrogens is 426 g/mol. The fraction of sp³-hybridized carbons (Fsp3) is 0.227. The maximum Gasteiger partial charge on any atom is 4.00 e. The second-order valence-electron chi connectivity index (χ2n) is 6.13. The number of fused-ring (bicyclic) bond motifs is 3. The molecule has 0 atom stereocenters. The van der Waals surface area contributed by atoms with Crippen molar-refractivity contribution in [1.29, 1.82) is 0 Å². The number of benzene rings is 2. The monoisotopic (exact) mass is 446 g/mol. The van der Waals surface area contributed by atoms with Crippen molar-refractivity contribution >= 4 is 10.8 Å². The maximum absolute atomic E-state index is 3.32. The van der Waals surface area contributed by atoms with Crippen LogP contribution in [0.2, 0.25) is 0 Å². The molecule has 0 bridgehead atoms. The molecule has 3 aromatic rings. The molecule has 0 amide bonds. The summed E-state index contributed by atoms with van der Waals surface area (Å²) in [5, 5.41) is 2.64. The molecule has 128 valence electrons. The Hall–Kier alpha value is -0.747. The molecule has 3 heteroatoms. The van der Waals surface area contributed by atoms with Crippen molar-refractivity contribution in [2.24, 2.45) is 0 Å². The first-order valence-electron chi connectivity index (χ1n) is 7.87. The summed E-state index contributed by atoms with van der Waals surface area (Å²) in [7, 11) is 0. The van der Waals surface area contributed by atoms with E-state index in [-0.39, 0.29) is 51.0 Å². The maximum atomic E-state index is 3.32. The van der Waals surface area contributed by atoms with Crippen LogP contribution in [0, 0.1) is 33.8 Å². The molecule has 0 radical (unpaired) electrons. The van der Waals surface area contributed by atoms with E-state index < -0.39 is 0 Å². The molecule has 0 saturated carbocycles. The van der Waals surface area contributed by atoms with Gasteiger partial charge in [0.1, 0.15) is 0 Å². The quantitative estimate of drug-likeness (QED) is 0.416. The number of halogens is 2. The summed E-state index contributed by atoms with van der Waals surface area (Å²) in [6.07, 6.45) is 6.47. The van der Waals surface area contributed by atoms with Crippen LogP contribution in [0.1, 0.15) is 33.4 Å². The SMILES string of the molecule is Cc1c[c-](C)c(C)c1C.[C-]1=CCc2ccc3ccccc3c21.[Cl-].[Cl-].[Zr+4]. The normalized spacial score (nSPS) is 10.7. The minimum absolute atomic E-state index is 0. The van der Waals surface area contributed by atoms with Gasteiger partial charge in [0, 0.05) is 0 Å². The van der Waals surface area contributed by atoms with Gasteiger partial charge in [0.15, 0.2) is 0 Å². The molecule has 1 aliphatic rings. The third-order valence-electron chi connectivity index (χ3n) is 4.76. The molecular formula is C22H22Cl2Zr. The van der Waals surface area contributed by atoms with E-state index in [1.54, 1.807) is 0 Å². The number of rotatable bonds is 0. The van der Waals surface area contributed by atoms with Crippen LogP contribution < -0.4 is 24.8 Å². The first-order chi connectivity index (χ1) is 10.6. The second kappa shape index (κ2) is 10.4. The van der Waals surface area contributed by atoms with Gasteiger partial charge in [-0.1, -0.05) is 63.8 Å². The molecule has 1 aliphatic carbocycles. The van der Waals surface area contributed by atoms with Crippen molar-refractivity contribution in [3.8, 4) is 0 Å². The van der Waals surface area contributed by atoms with Gasteiger partial charge >= 0.3 is 26.2 Å². The topological polar surface area (TPSA) is 0 Å². The van der Waals surface area contributed by atoms with E-state index in [1.165, 1.54) is 44.2 Å². The third kappa shape index (κ3) is 5.13. The third-order valence-corrected chi connectivity index (χ3v) is 4.76. The van der Waals surface area contributed by atoms with Crippen LogP contribution in [-0.2, 0) is 32.6 Å². The van der Waals surface area contributed by atoms with E-state index in [4.69, 9.17) is 0 Å². The molecule has 0 unspecified atom stereocenters. The Labute approximate surface area is 183 Å². The fourth-order valence-electron chi connectivity index (χ4n) is 3.05. The summed E-state index contributed by atoms with van der Waals surface area (Å²) in [6, 6.07) is 15.1. The van der Waals surface area contributed by atoms with E-state index in [9.17, 15) is 0 Å². The Morgan fingerprint density at radius 1 is 0.960 bits per heavy atom. The zero-order valence-electron chi connectivity index (χ0n) is 15.1. The molecule has 3 aromatic carbocycles. The number of allylic oxidation sites excluding steroid dienone is 1. The Balaban J connectivity index is 0.000000435. The van der Waals surface area contributed by atoms with Crippen LogP contribution in [0.5, 0.6) is 0 Å². The zero-order chi connectivity index (χ0) is 15.7. The van der Waals surface area contributed by atoms with Gasteiger partial charge in [-0.15, -0.1) is 23.1 Å². The molecule has 0 saturated heterocycles. The number of hydrogen-bond acceptors (Lipinski definition) is 0. The Kier molecular flexibility index (Phi) is 10.1. The average molecular weight is 449 g/mol. The fourth-order valence-corrected chi connectivity index (χ4v) is 3.05. The van der Waals surface area contributed by atoms with E-state index in [1.807, 2.05) is 0 Å². The molecule has 0 spiro atoms. The van der Waals surface area contributed by atoms with Crippen LogP contribution in [0.25, 0.3) is 10.8 Å². The van der Waals surface area contributed by atoms with Gasteiger partial charge in [0.2, 0.25) is 0 Å². The van der Waals surface area contributed by atoms with Gasteiger partial charge in [0.25, 0.3) is 0 Å². The van der Waals surface area contributed by atoms with E-state index in [0.717, 1.165) is 6.42 Å². The van der Waals surface area contributed by atoms with Crippen molar-refractivity contribution in [2.75, 3.05) is 0 Å². The Morgan fingerprint density at radius 3 is 2.20 bits per heavy atom. The molecule has 25 heavy (non-hydrogen) atoms. The van der Waals surface area contributed by atoms with Gasteiger partial charge in [0.05, 0.1) is 0 Å². The van der Waals surface area contributed by atoms with Crippen molar-refractivity contribution < 1.29 is 51.0 Å². The predicted molar refractivity (Wildman–Crippen MR) is 95.6 cm³/mol. The Morgan fingerprint density at radius 2 is 1.64 bits per heavy atom. The summed E-state index contributed by atoms with van der Waals surface area (Å²) >= 11 is 0. The molecule has 4 rings (SSSR count). The largest absolute Gasteiger partial charge is 4.00 e. The van der Waals surface area contributed by atoms with Crippen LogP contribution >= 0.6 is 0 Å². The van der Waals surface area contributed by atoms with Gasteiger partial charge in [-0.3, -0.25) is 0 Å². The summed E-state index contributed by atoms with van der Waals surface area (Å²) in [5.74, 6) is 0.